The lowest BCUT2D eigenvalue weighted by Gasteiger charge is -2.21. The third kappa shape index (κ3) is 4.13. The van der Waals surface area contributed by atoms with Crippen LogP contribution in [-0.4, -0.2) is 24.9 Å². The van der Waals surface area contributed by atoms with Gasteiger partial charge in [-0.15, -0.1) is 11.6 Å². The average molecular weight is 281 g/mol. The quantitative estimate of drug-likeness (QED) is 0.637. The first-order chi connectivity index (χ1) is 9.31. The fraction of sp³-hybridized carbons (Fsp3) is 0.533. The van der Waals surface area contributed by atoms with Crippen LogP contribution in [0.5, 0.6) is 0 Å². The van der Waals surface area contributed by atoms with Gasteiger partial charge in [0.05, 0.1) is 11.4 Å². The summed E-state index contributed by atoms with van der Waals surface area (Å²) >= 11 is 5.62. The largest absolute Gasteiger partial charge is 0.370 e. The molecule has 1 aromatic carbocycles. The van der Waals surface area contributed by atoms with Crippen LogP contribution in [0, 0.1) is 0 Å². The Hall–Kier alpha value is -1.22. The van der Waals surface area contributed by atoms with E-state index in [2.05, 4.69) is 16.3 Å². The van der Waals surface area contributed by atoms with Crippen LogP contribution in [0.3, 0.4) is 0 Å². The molecule has 0 aliphatic carbocycles. The Balaban J connectivity index is 1.97. The first-order valence-electron chi connectivity index (χ1n) is 7.01. The van der Waals surface area contributed by atoms with E-state index in [0.717, 1.165) is 37.3 Å². The molecule has 1 fully saturated rings. The second-order valence-electron chi connectivity index (χ2n) is 4.91. The molecule has 3 nitrogen and oxygen atoms in total. The molecule has 0 bridgehead atoms. The molecule has 19 heavy (non-hydrogen) atoms. The molecule has 2 rings (SSSR count). The summed E-state index contributed by atoms with van der Waals surface area (Å²) in [6.45, 7) is 2.16. The van der Waals surface area contributed by atoms with Crippen molar-refractivity contribution < 1.29 is 4.79 Å². The predicted octanol–water partition coefficient (Wildman–Crippen LogP) is 3.63. The van der Waals surface area contributed by atoms with Gasteiger partial charge in [0.15, 0.2) is 0 Å². The molecule has 1 aromatic rings. The second kappa shape index (κ2) is 7.39. The highest BCUT2D eigenvalue weighted by atomic mass is 35.5. The van der Waals surface area contributed by atoms with Gasteiger partial charge in [-0.3, -0.25) is 4.79 Å². The number of nitrogens with zero attached hydrogens (tertiary/aromatic N) is 1. The Bertz CT molecular complexity index is 416. The fourth-order valence-electron chi connectivity index (χ4n) is 2.41. The monoisotopic (exact) mass is 280 g/mol. The molecule has 0 spiro atoms. The van der Waals surface area contributed by atoms with Gasteiger partial charge in [0.25, 0.3) is 0 Å². The topological polar surface area (TPSA) is 32.3 Å². The number of hydrogen-bond donors (Lipinski definition) is 1. The first-order valence-corrected chi connectivity index (χ1v) is 7.54. The van der Waals surface area contributed by atoms with Crippen molar-refractivity contribution in [1.29, 1.82) is 0 Å². The van der Waals surface area contributed by atoms with Crippen LogP contribution < -0.4 is 10.2 Å². The van der Waals surface area contributed by atoms with Crippen LogP contribution in [0.1, 0.15) is 32.1 Å². The summed E-state index contributed by atoms with van der Waals surface area (Å²) in [4.78, 5) is 14.2. The number of anilines is 2. The molecule has 1 N–H and O–H groups in total. The summed E-state index contributed by atoms with van der Waals surface area (Å²) in [5.41, 5.74) is 2.07. The number of para-hydroxylation sites is 2. The highest BCUT2D eigenvalue weighted by molar-refractivity contribution is 6.17. The number of amides is 1. The van der Waals surface area contributed by atoms with Crippen molar-refractivity contribution in [2.75, 3.05) is 29.2 Å². The zero-order valence-electron chi connectivity index (χ0n) is 11.2. The zero-order valence-corrected chi connectivity index (χ0v) is 12.0. The standard InChI is InChI=1S/C15H21ClN2O/c16-10-4-3-9-15(19)17-13-7-1-2-8-14(13)18-11-5-6-12-18/h1-2,7-8H,3-6,9-12H2,(H,17,19). The lowest BCUT2D eigenvalue weighted by Crippen LogP contribution is -2.21. The number of halogens is 1. The molecule has 1 heterocycles. The van der Waals surface area contributed by atoms with Gasteiger partial charge in [0, 0.05) is 25.4 Å². The van der Waals surface area contributed by atoms with E-state index >= 15 is 0 Å². The molecule has 104 valence electrons. The van der Waals surface area contributed by atoms with Crippen molar-refractivity contribution >= 4 is 28.9 Å². The van der Waals surface area contributed by atoms with Crippen LogP contribution in [0.15, 0.2) is 24.3 Å². The number of rotatable bonds is 6. The van der Waals surface area contributed by atoms with Crippen molar-refractivity contribution in [3.05, 3.63) is 24.3 Å². The molecule has 0 atom stereocenters. The number of carbonyl (C=O) groups is 1. The van der Waals surface area contributed by atoms with Crippen molar-refractivity contribution in [1.82, 2.24) is 0 Å². The summed E-state index contributed by atoms with van der Waals surface area (Å²) in [7, 11) is 0. The Labute approximate surface area is 119 Å². The maximum Gasteiger partial charge on any atom is 0.224 e. The summed E-state index contributed by atoms with van der Waals surface area (Å²) in [6, 6.07) is 8.05. The van der Waals surface area contributed by atoms with Gasteiger partial charge in [0.2, 0.25) is 5.91 Å². The minimum atomic E-state index is 0.0803. The molecule has 0 aromatic heterocycles. The van der Waals surface area contributed by atoms with E-state index in [1.165, 1.54) is 12.8 Å². The normalized spacial score (nSPS) is 14.7. The van der Waals surface area contributed by atoms with E-state index in [1.807, 2.05) is 18.2 Å². The van der Waals surface area contributed by atoms with Crippen LogP contribution >= 0.6 is 11.6 Å². The lowest BCUT2D eigenvalue weighted by molar-refractivity contribution is -0.116. The predicted molar refractivity (Wildman–Crippen MR) is 81.1 cm³/mol. The first kappa shape index (κ1) is 14.2. The Morgan fingerprint density at radius 1 is 1.21 bits per heavy atom. The molecular weight excluding hydrogens is 260 g/mol. The van der Waals surface area contributed by atoms with E-state index in [9.17, 15) is 4.79 Å². The molecule has 4 heteroatoms. The fourth-order valence-corrected chi connectivity index (χ4v) is 2.59. The molecular formula is C15H21ClN2O. The highest BCUT2D eigenvalue weighted by Gasteiger charge is 2.16. The Kier molecular flexibility index (Phi) is 5.52. The van der Waals surface area contributed by atoms with Crippen LogP contribution in [-0.2, 0) is 4.79 Å². The van der Waals surface area contributed by atoms with Crippen LogP contribution in [0.25, 0.3) is 0 Å². The number of carbonyl (C=O) groups excluding carboxylic acids is 1. The summed E-state index contributed by atoms with van der Waals surface area (Å²) in [5.74, 6) is 0.703. The third-order valence-corrected chi connectivity index (χ3v) is 3.68. The van der Waals surface area contributed by atoms with E-state index < -0.39 is 0 Å². The van der Waals surface area contributed by atoms with Gasteiger partial charge in [-0.05, 0) is 37.8 Å². The summed E-state index contributed by atoms with van der Waals surface area (Å²) in [5, 5.41) is 3.02. The van der Waals surface area contributed by atoms with Gasteiger partial charge in [0.1, 0.15) is 0 Å². The second-order valence-corrected chi connectivity index (χ2v) is 5.28. The summed E-state index contributed by atoms with van der Waals surface area (Å²) in [6.07, 6.45) is 4.75. The maximum atomic E-state index is 11.9. The van der Waals surface area contributed by atoms with Gasteiger partial charge in [-0.2, -0.15) is 0 Å². The summed E-state index contributed by atoms with van der Waals surface area (Å²) < 4.78 is 0. The number of alkyl halides is 1. The molecule has 0 unspecified atom stereocenters. The number of benzene rings is 1. The number of nitrogens with one attached hydrogen (secondary N) is 1. The van der Waals surface area contributed by atoms with Crippen molar-refractivity contribution in [3.8, 4) is 0 Å². The Morgan fingerprint density at radius 3 is 2.68 bits per heavy atom. The maximum absolute atomic E-state index is 11.9. The lowest BCUT2D eigenvalue weighted by atomic mass is 10.2. The van der Waals surface area contributed by atoms with Gasteiger partial charge in [-0.1, -0.05) is 12.1 Å². The van der Waals surface area contributed by atoms with E-state index in [4.69, 9.17) is 11.6 Å². The van der Waals surface area contributed by atoms with Gasteiger partial charge >= 0.3 is 0 Å². The average Bonchev–Trinajstić information content (AvgIpc) is 2.93. The van der Waals surface area contributed by atoms with Crippen LogP contribution in [0.2, 0.25) is 0 Å². The molecule has 0 radical (unpaired) electrons. The third-order valence-electron chi connectivity index (χ3n) is 3.41. The smallest absolute Gasteiger partial charge is 0.224 e. The van der Waals surface area contributed by atoms with E-state index in [0.29, 0.717) is 12.3 Å². The highest BCUT2D eigenvalue weighted by Crippen LogP contribution is 2.28. The number of unbranched alkanes of at least 4 members (excludes halogenated alkanes) is 1. The molecule has 1 amide bonds. The zero-order chi connectivity index (χ0) is 13.5. The minimum Gasteiger partial charge on any atom is -0.370 e. The van der Waals surface area contributed by atoms with Crippen molar-refractivity contribution in [2.45, 2.75) is 32.1 Å². The Morgan fingerprint density at radius 2 is 1.95 bits per heavy atom. The minimum absolute atomic E-state index is 0.0803. The van der Waals surface area contributed by atoms with Crippen LogP contribution in [0.4, 0.5) is 11.4 Å². The SMILES string of the molecule is O=C(CCCCCl)Nc1ccccc1N1CCCC1. The molecule has 1 aliphatic rings. The molecule has 1 saturated heterocycles. The van der Waals surface area contributed by atoms with E-state index in [1.54, 1.807) is 0 Å². The van der Waals surface area contributed by atoms with Crippen molar-refractivity contribution in [2.24, 2.45) is 0 Å². The van der Waals surface area contributed by atoms with E-state index in [-0.39, 0.29) is 5.91 Å². The van der Waals surface area contributed by atoms with Gasteiger partial charge < -0.3 is 10.2 Å². The number of hydrogen-bond acceptors (Lipinski definition) is 2. The van der Waals surface area contributed by atoms with Gasteiger partial charge in [-0.25, -0.2) is 0 Å². The van der Waals surface area contributed by atoms with Crippen molar-refractivity contribution in [3.63, 3.8) is 0 Å². The molecule has 1 aliphatic heterocycles. The molecule has 0 saturated carbocycles.